The molecule has 6 nitrogen and oxygen atoms in total. The van der Waals surface area contributed by atoms with Crippen molar-refractivity contribution in [3.8, 4) is 0 Å². The molecule has 7 heteroatoms. The maximum Gasteiger partial charge on any atom is 0.411 e. The molecule has 0 aliphatic heterocycles. The summed E-state index contributed by atoms with van der Waals surface area (Å²) in [6.45, 7) is 8.26. The van der Waals surface area contributed by atoms with Crippen LogP contribution in [0.1, 0.15) is 38.1 Å². The lowest BCUT2D eigenvalue weighted by molar-refractivity contribution is 0.102. The van der Waals surface area contributed by atoms with Crippen LogP contribution in [0.5, 0.6) is 0 Å². The van der Waals surface area contributed by atoms with Gasteiger partial charge in [0.25, 0.3) is 5.91 Å². The van der Waals surface area contributed by atoms with Gasteiger partial charge in [-0.3, -0.25) is 10.1 Å². The number of hydrogen-bond acceptors (Lipinski definition) is 5. The van der Waals surface area contributed by atoms with Crippen LogP contribution in [0.2, 0.25) is 0 Å². The standard InChI is InChI=1S/C19H23N3O3S/c1-5-25-18(24)22-14-10-8-13(9-11-14)21-16(23)15-7-6-12-20-17(15)26-19(2,3)4/h6-12H,5H2,1-4H3,(H,21,23)(H,22,24). The van der Waals surface area contributed by atoms with Crippen LogP contribution in [0.4, 0.5) is 16.2 Å². The summed E-state index contributed by atoms with van der Waals surface area (Å²) in [5.41, 5.74) is 1.74. The summed E-state index contributed by atoms with van der Waals surface area (Å²) in [6, 6.07) is 10.3. The van der Waals surface area contributed by atoms with Crippen LogP contribution in [0.25, 0.3) is 0 Å². The minimum Gasteiger partial charge on any atom is -0.450 e. The van der Waals surface area contributed by atoms with Gasteiger partial charge in [0, 0.05) is 22.3 Å². The molecule has 1 aromatic carbocycles. The fourth-order valence-electron chi connectivity index (χ4n) is 2.06. The van der Waals surface area contributed by atoms with E-state index in [2.05, 4.69) is 36.4 Å². The number of carbonyl (C=O) groups is 2. The van der Waals surface area contributed by atoms with E-state index in [1.165, 1.54) is 0 Å². The lowest BCUT2D eigenvalue weighted by atomic mass is 10.2. The maximum absolute atomic E-state index is 12.6. The molecule has 0 bridgehead atoms. The number of carbonyl (C=O) groups excluding carboxylic acids is 2. The Kier molecular flexibility index (Phi) is 6.63. The van der Waals surface area contributed by atoms with E-state index in [9.17, 15) is 9.59 Å². The monoisotopic (exact) mass is 373 g/mol. The van der Waals surface area contributed by atoms with Gasteiger partial charge in [-0.25, -0.2) is 9.78 Å². The average Bonchev–Trinajstić information content (AvgIpc) is 2.56. The molecule has 2 aromatic rings. The van der Waals surface area contributed by atoms with Crippen molar-refractivity contribution in [1.29, 1.82) is 0 Å². The zero-order valence-electron chi connectivity index (χ0n) is 15.3. The highest BCUT2D eigenvalue weighted by Crippen LogP contribution is 2.32. The van der Waals surface area contributed by atoms with Crippen molar-refractivity contribution in [2.45, 2.75) is 37.5 Å². The average molecular weight is 373 g/mol. The molecule has 2 rings (SSSR count). The zero-order valence-corrected chi connectivity index (χ0v) is 16.1. The third-order valence-corrected chi connectivity index (χ3v) is 4.21. The van der Waals surface area contributed by atoms with Gasteiger partial charge in [-0.2, -0.15) is 0 Å². The van der Waals surface area contributed by atoms with E-state index in [-0.39, 0.29) is 10.7 Å². The molecule has 1 aromatic heterocycles. The van der Waals surface area contributed by atoms with Crippen molar-refractivity contribution in [3.05, 3.63) is 48.2 Å². The second-order valence-corrected chi connectivity index (χ2v) is 8.26. The van der Waals surface area contributed by atoms with Gasteiger partial charge < -0.3 is 10.1 Å². The van der Waals surface area contributed by atoms with Crippen LogP contribution in [0.3, 0.4) is 0 Å². The predicted molar refractivity (Wildman–Crippen MR) is 105 cm³/mol. The van der Waals surface area contributed by atoms with E-state index in [1.54, 1.807) is 61.3 Å². The van der Waals surface area contributed by atoms with Crippen LogP contribution in [-0.2, 0) is 4.74 Å². The summed E-state index contributed by atoms with van der Waals surface area (Å²) < 4.78 is 4.77. The molecule has 0 unspecified atom stereocenters. The Balaban J connectivity index is 2.07. The number of thioether (sulfide) groups is 1. The number of nitrogens with zero attached hydrogens (tertiary/aromatic N) is 1. The van der Waals surface area contributed by atoms with Gasteiger partial charge in [-0.05, 0) is 43.3 Å². The van der Waals surface area contributed by atoms with Crippen molar-refractivity contribution in [1.82, 2.24) is 4.98 Å². The molecule has 0 aliphatic carbocycles. The number of aromatic nitrogens is 1. The highest BCUT2D eigenvalue weighted by atomic mass is 32.2. The van der Waals surface area contributed by atoms with E-state index >= 15 is 0 Å². The molecule has 138 valence electrons. The molecule has 0 atom stereocenters. The summed E-state index contributed by atoms with van der Waals surface area (Å²) in [5.74, 6) is -0.226. The van der Waals surface area contributed by atoms with Gasteiger partial charge in [0.2, 0.25) is 0 Å². The normalized spacial score (nSPS) is 10.9. The third kappa shape index (κ3) is 6.07. The molecule has 0 fully saturated rings. The molecule has 1 heterocycles. The second-order valence-electron chi connectivity index (χ2n) is 6.45. The fraction of sp³-hybridized carbons (Fsp3) is 0.316. The fourth-order valence-corrected chi connectivity index (χ4v) is 3.02. The lowest BCUT2D eigenvalue weighted by Crippen LogP contribution is -2.16. The van der Waals surface area contributed by atoms with Crippen molar-refractivity contribution < 1.29 is 14.3 Å². The summed E-state index contributed by atoms with van der Waals surface area (Å²) in [6.07, 6.45) is 1.17. The Bertz CT molecular complexity index is 770. The van der Waals surface area contributed by atoms with Crippen molar-refractivity contribution in [2.24, 2.45) is 0 Å². The van der Waals surface area contributed by atoms with Gasteiger partial charge in [0.1, 0.15) is 5.03 Å². The lowest BCUT2D eigenvalue weighted by Gasteiger charge is -2.18. The molecule has 2 amide bonds. The van der Waals surface area contributed by atoms with E-state index in [0.29, 0.717) is 28.6 Å². The van der Waals surface area contributed by atoms with Crippen molar-refractivity contribution >= 4 is 35.1 Å². The predicted octanol–water partition coefficient (Wildman–Crippen LogP) is 4.79. The summed E-state index contributed by atoms with van der Waals surface area (Å²) in [5, 5.41) is 6.15. The molecule has 0 spiro atoms. The number of benzene rings is 1. The highest BCUT2D eigenvalue weighted by Gasteiger charge is 2.19. The Labute approximate surface area is 157 Å². The van der Waals surface area contributed by atoms with Gasteiger partial charge >= 0.3 is 6.09 Å². The Morgan fingerprint density at radius 1 is 1.08 bits per heavy atom. The highest BCUT2D eigenvalue weighted by molar-refractivity contribution is 8.00. The van der Waals surface area contributed by atoms with E-state index < -0.39 is 6.09 Å². The van der Waals surface area contributed by atoms with Crippen molar-refractivity contribution in [2.75, 3.05) is 17.2 Å². The Morgan fingerprint density at radius 2 is 1.69 bits per heavy atom. The quantitative estimate of drug-likeness (QED) is 0.736. The topological polar surface area (TPSA) is 80.3 Å². The van der Waals surface area contributed by atoms with Gasteiger partial charge in [-0.15, -0.1) is 0 Å². The van der Waals surface area contributed by atoms with Gasteiger partial charge in [-0.1, -0.05) is 32.5 Å². The van der Waals surface area contributed by atoms with Crippen LogP contribution < -0.4 is 10.6 Å². The SMILES string of the molecule is CCOC(=O)Nc1ccc(NC(=O)c2cccnc2SC(C)(C)C)cc1. The number of anilines is 2. The first kappa shape index (κ1) is 19.8. The molecule has 0 saturated carbocycles. The summed E-state index contributed by atoms with van der Waals surface area (Å²) >= 11 is 1.55. The van der Waals surface area contributed by atoms with Crippen LogP contribution >= 0.6 is 11.8 Å². The Morgan fingerprint density at radius 3 is 2.27 bits per heavy atom. The minimum absolute atomic E-state index is 0.0518. The molecule has 2 N–H and O–H groups in total. The first-order valence-electron chi connectivity index (χ1n) is 8.27. The first-order valence-corrected chi connectivity index (χ1v) is 9.09. The van der Waals surface area contributed by atoms with E-state index in [4.69, 9.17) is 4.74 Å². The van der Waals surface area contributed by atoms with Crippen LogP contribution in [0.15, 0.2) is 47.6 Å². The largest absolute Gasteiger partial charge is 0.450 e. The van der Waals surface area contributed by atoms with Crippen molar-refractivity contribution in [3.63, 3.8) is 0 Å². The maximum atomic E-state index is 12.6. The summed E-state index contributed by atoms with van der Waals surface area (Å²) in [4.78, 5) is 28.3. The van der Waals surface area contributed by atoms with E-state index in [1.807, 2.05) is 0 Å². The number of pyridine rings is 1. The molecule has 0 saturated heterocycles. The number of rotatable bonds is 5. The Hall–Kier alpha value is -2.54. The number of hydrogen-bond donors (Lipinski definition) is 2. The van der Waals surface area contributed by atoms with Gasteiger partial charge in [0.05, 0.1) is 12.2 Å². The second kappa shape index (κ2) is 8.71. The van der Waals surface area contributed by atoms with E-state index in [0.717, 1.165) is 0 Å². The smallest absolute Gasteiger partial charge is 0.411 e. The molecule has 0 radical (unpaired) electrons. The first-order chi connectivity index (χ1) is 12.3. The summed E-state index contributed by atoms with van der Waals surface area (Å²) in [7, 11) is 0. The number of nitrogens with one attached hydrogen (secondary N) is 2. The molecular formula is C19H23N3O3S. The number of amides is 2. The minimum atomic E-state index is -0.511. The molecular weight excluding hydrogens is 350 g/mol. The van der Waals surface area contributed by atoms with Crippen LogP contribution in [0, 0.1) is 0 Å². The van der Waals surface area contributed by atoms with Gasteiger partial charge in [0.15, 0.2) is 0 Å². The number of ether oxygens (including phenoxy) is 1. The van der Waals surface area contributed by atoms with Crippen LogP contribution in [-0.4, -0.2) is 28.3 Å². The molecule has 0 aliphatic rings. The molecule has 26 heavy (non-hydrogen) atoms. The zero-order chi connectivity index (χ0) is 19.2. The third-order valence-electron chi connectivity index (χ3n) is 3.08.